The summed E-state index contributed by atoms with van der Waals surface area (Å²) < 4.78 is 5.49. The smallest absolute Gasteiger partial charge is 0.163 e. The summed E-state index contributed by atoms with van der Waals surface area (Å²) in [4.78, 5) is 14.9. The number of fused-ring (bicyclic) bond motifs is 2. The van der Waals surface area contributed by atoms with E-state index in [-0.39, 0.29) is 5.78 Å². The number of hydrogen-bond donors (Lipinski definition) is 0. The minimum atomic E-state index is -0.0174. The van der Waals surface area contributed by atoms with Crippen LogP contribution >= 0.6 is 0 Å². The number of nitrogens with zero attached hydrogens (tertiary/aromatic N) is 1. The second-order valence-electron chi connectivity index (χ2n) is 8.54. The van der Waals surface area contributed by atoms with Crippen LogP contribution in [0.1, 0.15) is 19.4 Å². The monoisotopic (exact) mass is 457 g/mol. The quantitative estimate of drug-likeness (QED) is 0.189. The number of hydrogen-bond acceptors (Lipinski definition) is 3. The third-order valence-electron chi connectivity index (χ3n) is 6.44. The van der Waals surface area contributed by atoms with Crippen molar-refractivity contribution in [3.63, 3.8) is 0 Å². The van der Waals surface area contributed by atoms with Gasteiger partial charge in [0.1, 0.15) is 5.76 Å². The first kappa shape index (κ1) is 22.4. The Morgan fingerprint density at radius 3 is 1.94 bits per heavy atom. The molecular weight excluding hydrogens is 430 g/mol. The molecule has 35 heavy (non-hydrogen) atoms. The van der Waals surface area contributed by atoms with E-state index in [1.165, 1.54) is 10.8 Å². The summed E-state index contributed by atoms with van der Waals surface area (Å²) in [6.07, 6.45) is 0. The maximum atomic E-state index is 12.6. The van der Waals surface area contributed by atoms with E-state index in [2.05, 4.69) is 95.9 Å². The molecule has 5 rings (SSSR count). The Balaban J connectivity index is 1.84. The lowest BCUT2D eigenvalue weighted by Crippen LogP contribution is -2.11. The number of allylic oxidation sites excluding steroid dienone is 2. The Bertz CT molecular complexity index is 1560. The van der Waals surface area contributed by atoms with Crippen LogP contribution in [-0.4, -0.2) is 12.9 Å². The van der Waals surface area contributed by atoms with E-state index in [0.29, 0.717) is 11.3 Å². The van der Waals surface area contributed by atoms with Crippen LogP contribution in [0.25, 0.3) is 27.1 Å². The third-order valence-corrected chi connectivity index (χ3v) is 6.44. The number of carbonyl (C=O) groups excluding carboxylic acids is 1. The highest BCUT2D eigenvalue weighted by atomic mass is 16.5. The molecule has 0 N–H and O–H groups in total. The minimum Gasteiger partial charge on any atom is -0.501 e. The fraction of sp³-hybridized carbons (Fsp3) is 0.0938. The molecule has 0 aliphatic carbocycles. The molecule has 0 fully saturated rings. The predicted molar refractivity (Wildman–Crippen MR) is 146 cm³/mol. The molecule has 0 amide bonds. The van der Waals surface area contributed by atoms with Crippen molar-refractivity contribution in [3.05, 3.63) is 121 Å². The Hall–Kier alpha value is -4.37. The zero-order chi connectivity index (χ0) is 24.4. The highest BCUT2D eigenvalue weighted by molar-refractivity contribution is 6.24. The van der Waals surface area contributed by atoms with Gasteiger partial charge in [0.15, 0.2) is 5.78 Å². The standard InChI is InChI=1S/C32H27NO2/c1-22(34)32(23(2)35-3)29-19-10-18-28-27(29)17-11-21-31(28)33(25-14-5-4-6-15-25)30-20-9-13-24-12-7-8-16-26(24)30/h4-21H,1-3H3/b32-23+. The lowest BCUT2D eigenvalue weighted by atomic mass is 9.94. The fourth-order valence-corrected chi connectivity index (χ4v) is 4.82. The van der Waals surface area contributed by atoms with Crippen LogP contribution in [0.4, 0.5) is 17.1 Å². The summed E-state index contributed by atoms with van der Waals surface area (Å²) in [6, 6.07) is 37.6. The van der Waals surface area contributed by atoms with Crippen molar-refractivity contribution in [3.8, 4) is 0 Å². The lowest BCUT2D eigenvalue weighted by Gasteiger charge is -2.28. The summed E-state index contributed by atoms with van der Waals surface area (Å²) in [5.41, 5.74) is 4.69. The van der Waals surface area contributed by atoms with Crippen molar-refractivity contribution < 1.29 is 9.53 Å². The Labute approximate surface area is 205 Å². The molecule has 5 aromatic carbocycles. The summed E-state index contributed by atoms with van der Waals surface area (Å²) >= 11 is 0. The lowest BCUT2D eigenvalue weighted by molar-refractivity contribution is -0.111. The number of methoxy groups -OCH3 is 1. The molecule has 0 atom stereocenters. The van der Waals surface area contributed by atoms with Crippen LogP contribution in [0.3, 0.4) is 0 Å². The van der Waals surface area contributed by atoms with E-state index in [0.717, 1.165) is 33.4 Å². The van der Waals surface area contributed by atoms with Crippen LogP contribution < -0.4 is 4.90 Å². The summed E-state index contributed by atoms with van der Waals surface area (Å²) in [7, 11) is 1.60. The highest BCUT2D eigenvalue weighted by Gasteiger charge is 2.20. The molecule has 0 unspecified atom stereocenters. The second-order valence-corrected chi connectivity index (χ2v) is 8.54. The number of anilines is 3. The Kier molecular flexibility index (Phi) is 6.07. The molecule has 0 aromatic heterocycles. The molecule has 0 spiro atoms. The van der Waals surface area contributed by atoms with E-state index in [4.69, 9.17) is 4.74 Å². The third kappa shape index (κ3) is 4.06. The normalized spacial score (nSPS) is 11.9. The number of rotatable bonds is 6. The number of Topliss-reactive ketones (excluding diaryl/α,β-unsaturated/α-hetero) is 1. The van der Waals surface area contributed by atoms with Gasteiger partial charge in [0.2, 0.25) is 0 Å². The van der Waals surface area contributed by atoms with Crippen molar-refractivity contribution in [1.82, 2.24) is 0 Å². The maximum absolute atomic E-state index is 12.6. The van der Waals surface area contributed by atoms with E-state index in [1.807, 2.05) is 25.1 Å². The Morgan fingerprint density at radius 1 is 0.629 bits per heavy atom. The molecule has 0 aliphatic heterocycles. The fourth-order valence-electron chi connectivity index (χ4n) is 4.82. The molecule has 3 heteroatoms. The van der Waals surface area contributed by atoms with Crippen LogP contribution in [0.2, 0.25) is 0 Å². The first-order chi connectivity index (χ1) is 17.1. The topological polar surface area (TPSA) is 29.5 Å². The zero-order valence-corrected chi connectivity index (χ0v) is 20.2. The average Bonchev–Trinajstić information content (AvgIpc) is 2.90. The van der Waals surface area contributed by atoms with Gasteiger partial charge in [-0.15, -0.1) is 0 Å². The molecule has 0 saturated carbocycles. The van der Waals surface area contributed by atoms with Gasteiger partial charge in [-0.3, -0.25) is 4.79 Å². The van der Waals surface area contributed by atoms with Gasteiger partial charge < -0.3 is 9.64 Å². The van der Waals surface area contributed by atoms with Gasteiger partial charge >= 0.3 is 0 Å². The Morgan fingerprint density at radius 2 is 1.20 bits per heavy atom. The van der Waals surface area contributed by atoms with Crippen LogP contribution in [0.5, 0.6) is 0 Å². The van der Waals surface area contributed by atoms with Gasteiger partial charge in [-0.1, -0.05) is 84.9 Å². The van der Waals surface area contributed by atoms with E-state index in [1.54, 1.807) is 14.0 Å². The number of para-hydroxylation sites is 1. The van der Waals surface area contributed by atoms with Crippen LogP contribution in [0, 0.1) is 0 Å². The number of carbonyl (C=O) groups is 1. The molecule has 0 radical (unpaired) electrons. The molecule has 3 nitrogen and oxygen atoms in total. The second kappa shape index (κ2) is 9.47. The first-order valence-electron chi connectivity index (χ1n) is 11.7. The summed E-state index contributed by atoms with van der Waals surface area (Å²) in [5, 5.41) is 4.42. The van der Waals surface area contributed by atoms with Gasteiger partial charge in [-0.2, -0.15) is 0 Å². The van der Waals surface area contributed by atoms with E-state index in [9.17, 15) is 4.79 Å². The van der Waals surface area contributed by atoms with Crippen molar-refractivity contribution >= 4 is 50.0 Å². The summed E-state index contributed by atoms with van der Waals surface area (Å²) in [6.45, 7) is 3.43. The minimum absolute atomic E-state index is 0.0174. The highest BCUT2D eigenvalue weighted by Crippen LogP contribution is 2.43. The van der Waals surface area contributed by atoms with Crippen molar-refractivity contribution in [1.29, 1.82) is 0 Å². The molecule has 0 aliphatic rings. The van der Waals surface area contributed by atoms with Gasteiger partial charge in [0.25, 0.3) is 0 Å². The SMILES string of the molecule is CO/C(C)=C(\C(C)=O)c1cccc2c(N(c3ccccc3)c3cccc4ccccc34)cccc12. The number of benzene rings is 5. The number of ether oxygens (including phenoxy) is 1. The molecule has 172 valence electrons. The molecular formula is C32H27NO2. The van der Waals surface area contributed by atoms with Gasteiger partial charge in [0, 0.05) is 16.5 Å². The average molecular weight is 458 g/mol. The zero-order valence-electron chi connectivity index (χ0n) is 20.2. The van der Waals surface area contributed by atoms with Crippen molar-refractivity contribution in [2.24, 2.45) is 0 Å². The van der Waals surface area contributed by atoms with Crippen LogP contribution in [-0.2, 0) is 9.53 Å². The predicted octanol–water partition coefficient (Wildman–Crippen LogP) is 8.43. The van der Waals surface area contributed by atoms with Gasteiger partial charge in [0.05, 0.1) is 24.1 Å². The van der Waals surface area contributed by atoms with Crippen LogP contribution in [0.15, 0.2) is 115 Å². The van der Waals surface area contributed by atoms with E-state index < -0.39 is 0 Å². The molecule has 0 heterocycles. The summed E-state index contributed by atoms with van der Waals surface area (Å²) in [5.74, 6) is 0.598. The largest absolute Gasteiger partial charge is 0.501 e. The maximum Gasteiger partial charge on any atom is 0.163 e. The molecule has 0 saturated heterocycles. The van der Waals surface area contributed by atoms with Crippen molar-refractivity contribution in [2.75, 3.05) is 12.0 Å². The molecule has 0 bridgehead atoms. The van der Waals surface area contributed by atoms with Gasteiger partial charge in [-0.05, 0) is 54.4 Å². The van der Waals surface area contributed by atoms with Crippen molar-refractivity contribution in [2.45, 2.75) is 13.8 Å². The first-order valence-corrected chi connectivity index (χ1v) is 11.7. The number of ketones is 1. The van der Waals surface area contributed by atoms with Gasteiger partial charge in [-0.25, -0.2) is 0 Å². The van der Waals surface area contributed by atoms with E-state index >= 15 is 0 Å². The molecule has 5 aromatic rings.